The monoisotopic (exact) mass is 337 g/mol. The highest BCUT2D eigenvalue weighted by atomic mass is 32.2. The Morgan fingerprint density at radius 3 is 2.87 bits per heavy atom. The standard InChI is InChI=1S/C15H23N5O2S/c1-2-15-16-7-9-19(15)10-8-18-23(21,22)14-11-17-20(12-14)13-5-3-4-6-13/h7,9,11-13,18H,2-6,8,10H2,1H3. The van der Waals surface area contributed by atoms with Gasteiger partial charge in [0.25, 0.3) is 0 Å². The maximum atomic E-state index is 12.4. The summed E-state index contributed by atoms with van der Waals surface area (Å²) < 4.78 is 31.1. The number of sulfonamides is 1. The van der Waals surface area contributed by atoms with Crippen LogP contribution in [0.3, 0.4) is 0 Å². The predicted molar refractivity (Wildman–Crippen MR) is 86.5 cm³/mol. The summed E-state index contributed by atoms with van der Waals surface area (Å²) in [6.45, 7) is 2.93. The Hall–Kier alpha value is -1.67. The maximum Gasteiger partial charge on any atom is 0.243 e. The Morgan fingerprint density at radius 1 is 1.35 bits per heavy atom. The second kappa shape index (κ2) is 6.84. The van der Waals surface area contributed by atoms with Crippen molar-refractivity contribution in [3.8, 4) is 0 Å². The fourth-order valence-electron chi connectivity index (χ4n) is 3.07. The molecular weight excluding hydrogens is 314 g/mol. The van der Waals surface area contributed by atoms with Crippen LogP contribution in [0.15, 0.2) is 29.7 Å². The van der Waals surface area contributed by atoms with Crippen molar-refractivity contribution < 1.29 is 8.42 Å². The molecule has 1 saturated carbocycles. The van der Waals surface area contributed by atoms with E-state index < -0.39 is 10.0 Å². The minimum Gasteiger partial charge on any atom is -0.334 e. The molecule has 2 aromatic rings. The summed E-state index contributed by atoms with van der Waals surface area (Å²) >= 11 is 0. The summed E-state index contributed by atoms with van der Waals surface area (Å²) in [6.07, 6.45) is 12.1. The summed E-state index contributed by atoms with van der Waals surface area (Å²) in [7, 11) is -3.51. The minimum absolute atomic E-state index is 0.241. The van der Waals surface area contributed by atoms with E-state index in [0.29, 0.717) is 19.1 Å². The van der Waals surface area contributed by atoms with Crippen molar-refractivity contribution >= 4 is 10.0 Å². The average molecular weight is 337 g/mol. The SMILES string of the molecule is CCc1nccn1CCNS(=O)(=O)c1cnn(C2CCCC2)c1. The number of hydrogen-bond acceptors (Lipinski definition) is 4. The number of aryl methyl sites for hydroxylation is 1. The van der Waals surface area contributed by atoms with Gasteiger partial charge in [0.15, 0.2) is 0 Å². The van der Waals surface area contributed by atoms with E-state index in [2.05, 4.69) is 14.8 Å². The van der Waals surface area contributed by atoms with Crippen molar-refractivity contribution in [2.45, 2.75) is 56.5 Å². The molecule has 0 aromatic carbocycles. The Labute approximate surface area is 136 Å². The van der Waals surface area contributed by atoms with Gasteiger partial charge in [-0.2, -0.15) is 5.10 Å². The van der Waals surface area contributed by atoms with Crippen molar-refractivity contribution in [2.24, 2.45) is 0 Å². The smallest absolute Gasteiger partial charge is 0.243 e. The average Bonchev–Trinajstić information content (AvgIpc) is 3.27. The van der Waals surface area contributed by atoms with Gasteiger partial charge in [-0.3, -0.25) is 4.68 Å². The Kier molecular flexibility index (Phi) is 4.82. The van der Waals surface area contributed by atoms with Crippen LogP contribution in [0.5, 0.6) is 0 Å². The summed E-state index contributed by atoms with van der Waals surface area (Å²) in [6, 6.07) is 0.344. The van der Waals surface area contributed by atoms with Gasteiger partial charge >= 0.3 is 0 Å². The van der Waals surface area contributed by atoms with Crippen LogP contribution >= 0.6 is 0 Å². The van der Waals surface area contributed by atoms with Crippen molar-refractivity contribution in [2.75, 3.05) is 6.54 Å². The van der Waals surface area contributed by atoms with Crippen LogP contribution in [0.2, 0.25) is 0 Å². The van der Waals surface area contributed by atoms with Gasteiger partial charge in [-0.15, -0.1) is 0 Å². The van der Waals surface area contributed by atoms with E-state index in [1.807, 2.05) is 17.7 Å². The first-order chi connectivity index (χ1) is 11.1. The number of nitrogens with zero attached hydrogens (tertiary/aromatic N) is 4. The zero-order valence-corrected chi connectivity index (χ0v) is 14.2. The van der Waals surface area contributed by atoms with Crippen LogP contribution in [0.4, 0.5) is 0 Å². The van der Waals surface area contributed by atoms with Gasteiger partial charge in [0, 0.05) is 38.1 Å². The summed E-state index contributed by atoms with van der Waals surface area (Å²) in [5.41, 5.74) is 0. The van der Waals surface area contributed by atoms with Gasteiger partial charge in [0.1, 0.15) is 10.7 Å². The molecule has 7 nitrogen and oxygen atoms in total. The van der Waals surface area contributed by atoms with Gasteiger partial charge in [-0.05, 0) is 12.8 Å². The molecule has 0 amide bonds. The van der Waals surface area contributed by atoms with Crippen LogP contribution in [0, 0.1) is 0 Å². The third-order valence-electron chi connectivity index (χ3n) is 4.35. The lowest BCUT2D eigenvalue weighted by Crippen LogP contribution is -2.27. The molecule has 0 atom stereocenters. The first-order valence-corrected chi connectivity index (χ1v) is 9.62. The van der Waals surface area contributed by atoms with Crippen molar-refractivity contribution in [3.05, 3.63) is 30.6 Å². The molecule has 2 heterocycles. The molecule has 0 spiro atoms. The number of hydrogen-bond donors (Lipinski definition) is 1. The lowest BCUT2D eigenvalue weighted by Gasteiger charge is -2.09. The van der Waals surface area contributed by atoms with E-state index in [1.165, 1.54) is 19.0 Å². The topological polar surface area (TPSA) is 81.8 Å². The fourth-order valence-corrected chi connectivity index (χ4v) is 4.03. The van der Waals surface area contributed by atoms with E-state index in [-0.39, 0.29) is 4.90 Å². The second-order valence-corrected chi connectivity index (χ2v) is 7.65. The van der Waals surface area contributed by atoms with E-state index in [9.17, 15) is 8.42 Å². The first kappa shape index (κ1) is 16.2. The fraction of sp³-hybridized carbons (Fsp3) is 0.600. The molecule has 0 bridgehead atoms. The number of rotatable bonds is 7. The predicted octanol–water partition coefficient (Wildman–Crippen LogP) is 1.74. The molecule has 1 fully saturated rings. The second-order valence-electron chi connectivity index (χ2n) is 5.88. The molecule has 126 valence electrons. The third-order valence-corrected chi connectivity index (χ3v) is 5.77. The zero-order chi connectivity index (χ0) is 16.3. The van der Waals surface area contributed by atoms with Crippen LogP contribution in [-0.4, -0.2) is 34.3 Å². The van der Waals surface area contributed by atoms with Crippen molar-refractivity contribution in [3.63, 3.8) is 0 Å². The third kappa shape index (κ3) is 3.64. The Morgan fingerprint density at radius 2 is 2.13 bits per heavy atom. The first-order valence-electron chi connectivity index (χ1n) is 8.14. The maximum absolute atomic E-state index is 12.4. The van der Waals surface area contributed by atoms with Crippen LogP contribution < -0.4 is 4.72 Å². The molecule has 0 aliphatic heterocycles. The van der Waals surface area contributed by atoms with Crippen LogP contribution in [0.1, 0.15) is 44.5 Å². The van der Waals surface area contributed by atoms with Gasteiger partial charge in [0.05, 0.1) is 12.2 Å². The summed E-state index contributed by atoms with van der Waals surface area (Å²) in [4.78, 5) is 4.47. The van der Waals surface area contributed by atoms with E-state index in [0.717, 1.165) is 25.1 Å². The molecule has 1 aliphatic rings. The van der Waals surface area contributed by atoms with Crippen LogP contribution in [0.25, 0.3) is 0 Å². The normalized spacial score (nSPS) is 16.2. The lowest BCUT2D eigenvalue weighted by atomic mass is 10.3. The van der Waals surface area contributed by atoms with Gasteiger partial charge in [-0.1, -0.05) is 19.8 Å². The highest BCUT2D eigenvalue weighted by Gasteiger charge is 2.21. The largest absolute Gasteiger partial charge is 0.334 e. The van der Waals surface area contributed by atoms with E-state index >= 15 is 0 Å². The van der Waals surface area contributed by atoms with E-state index in [4.69, 9.17) is 0 Å². The molecule has 23 heavy (non-hydrogen) atoms. The van der Waals surface area contributed by atoms with Gasteiger partial charge < -0.3 is 4.57 Å². The Bertz CT molecular complexity index is 744. The summed E-state index contributed by atoms with van der Waals surface area (Å²) in [5, 5.41) is 4.23. The van der Waals surface area contributed by atoms with Crippen LogP contribution in [-0.2, 0) is 23.0 Å². The minimum atomic E-state index is -3.51. The molecule has 0 radical (unpaired) electrons. The quantitative estimate of drug-likeness (QED) is 0.834. The molecule has 0 unspecified atom stereocenters. The van der Waals surface area contributed by atoms with Crippen molar-refractivity contribution in [1.82, 2.24) is 24.1 Å². The highest BCUT2D eigenvalue weighted by molar-refractivity contribution is 7.89. The molecule has 8 heteroatoms. The van der Waals surface area contributed by atoms with Gasteiger partial charge in [0.2, 0.25) is 10.0 Å². The number of nitrogens with one attached hydrogen (secondary N) is 1. The molecule has 2 aromatic heterocycles. The highest BCUT2D eigenvalue weighted by Crippen LogP contribution is 2.29. The Balaban J connectivity index is 1.60. The molecule has 0 saturated heterocycles. The van der Waals surface area contributed by atoms with E-state index in [1.54, 1.807) is 17.1 Å². The zero-order valence-electron chi connectivity index (χ0n) is 13.4. The lowest BCUT2D eigenvalue weighted by molar-refractivity contribution is 0.466. The molecular formula is C15H23N5O2S. The van der Waals surface area contributed by atoms with Crippen molar-refractivity contribution in [1.29, 1.82) is 0 Å². The molecule has 1 N–H and O–H groups in total. The molecule has 3 rings (SSSR count). The number of aromatic nitrogens is 4. The molecule has 1 aliphatic carbocycles. The number of imidazole rings is 1. The van der Waals surface area contributed by atoms with Gasteiger partial charge in [-0.25, -0.2) is 18.1 Å². The summed E-state index contributed by atoms with van der Waals surface area (Å²) in [5.74, 6) is 0.957.